The summed E-state index contributed by atoms with van der Waals surface area (Å²) in [5.41, 5.74) is 1.86. The third kappa shape index (κ3) is 2.73. The Labute approximate surface area is 137 Å². The summed E-state index contributed by atoms with van der Waals surface area (Å²) >= 11 is 0. The van der Waals surface area contributed by atoms with Gasteiger partial charge in [-0.05, 0) is 18.2 Å². The molecule has 4 rings (SSSR count). The maximum atomic E-state index is 13.1. The van der Waals surface area contributed by atoms with Gasteiger partial charge in [0.15, 0.2) is 0 Å². The topological polar surface area (TPSA) is 42.4 Å². The highest BCUT2D eigenvalue weighted by atomic mass is 32.2. The van der Waals surface area contributed by atoms with Gasteiger partial charge in [-0.2, -0.15) is 0 Å². The monoisotopic (exact) mass is 324 g/mol. The summed E-state index contributed by atoms with van der Waals surface area (Å²) in [5, 5.41) is 1.00. The molecule has 0 spiro atoms. The highest BCUT2D eigenvalue weighted by molar-refractivity contribution is 7.82. The van der Waals surface area contributed by atoms with Crippen molar-refractivity contribution < 1.29 is 8.95 Å². The zero-order valence-corrected chi connectivity index (χ0v) is 13.3. The second-order valence-electron chi connectivity index (χ2n) is 5.40. The SMILES string of the molecule is O=S(c1cccc2cccnc12)N1CCOc2ccccc2C1. The molecular weight excluding hydrogens is 308 g/mol. The van der Waals surface area contributed by atoms with Gasteiger partial charge in [0.05, 0.1) is 10.4 Å². The number of rotatable bonds is 2. The Morgan fingerprint density at radius 1 is 1.04 bits per heavy atom. The van der Waals surface area contributed by atoms with Crippen molar-refractivity contribution >= 4 is 21.9 Å². The van der Waals surface area contributed by atoms with Crippen LogP contribution in [0.5, 0.6) is 5.75 Å². The van der Waals surface area contributed by atoms with Crippen LogP contribution in [-0.4, -0.2) is 26.6 Å². The highest BCUT2D eigenvalue weighted by Gasteiger charge is 2.22. The van der Waals surface area contributed by atoms with Gasteiger partial charge in [-0.15, -0.1) is 0 Å². The first-order valence-corrected chi connectivity index (χ1v) is 8.65. The third-order valence-corrected chi connectivity index (χ3v) is 5.42. The number of fused-ring (bicyclic) bond motifs is 2. The smallest absolute Gasteiger partial charge is 0.130 e. The van der Waals surface area contributed by atoms with Gasteiger partial charge < -0.3 is 4.74 Å². The number of hydrogen-bond donors (Lipinski definition) is 0. The Balaban J connectivity index is 1.71. The maximum absolute atomic E-state index is 13.1. The molecule has 4 nitrogen and oxygen atoms in total. The Bertz CT molecular complexity index is 876. The summed E-state index contributed by atoms with van der Waals surface area (Å²) in [7, 11) is -1.27. The van der Waals surface area contributed by atoms with E-state index < -0.39 is 11.0 Å². The van der Waals surface area contributed by atoms with Crippen molar-refractivity contribution in [2.24, 2.45) is 0 Å². The Hall–Kier alpha value is -2.24. The molecule has 0 N–H and O–H groups in total. The summed E-state index contributed by atoms with van der Waals surface area (Å²) in [5.74, 6) is 0.878. The van der Waals surface area contributed by atoms with Crippen LogP contribution in [0.15, 0.2) is 65.7 Å². The molecule has 116 valence electrons. The lowest BCUT2D eigenvalue weighted by molar-refractivity contribution is 0.298. The van der Waals surface area contributed by atoms with Crippen molar-refractivity contribution in [1.29, 1.82) is 0 Å². The lowest BCUT2D eigenvalue weighted by atomic mass is 10.2. The van der Waals surface area contributed by atoms with Gasteiger partial charge in [-0.25, -0.2) is 8.51 Å². The minimum Gasteiger partial charge on any atom is -0.492 e. The van der Waals surface area contributed by atoms with Gasteiger partial charge in [-0.1, -0.05) is 36.4 Å². The first-order chi connectivity index (χ1) is 11.3. The summed E-state index contributed by atoms with van der Waals surface area (Å²) in [6, 6.07) is 17.6. The van der Waals surface area contributed by atoms with Gasteiger partial charge in [0, 0.05) is 30.2 Å². The minimum atomic E-state index is -1.27. The van der Waals surface area contributed by atoms with Crippen LogP contribution < -0.4 is 4.74 Å². The molecule has 0 fully saturated rings. The predicted octanol–water partition coefficient (Wildman–Crippen LogP) is 3.15. The molecule has 0 bridgehead atoms. The second-order valence-corrected chi connectivity index (χ2v) is 6.85. The molecule has 2 heterocycles. The first kappa shape index (κ1) is 14.4. The predicted molar refractivity (Wildman–Crippen MR) is 90.5 cm³/mol. The lowest BCUT2D eigenvalue weighted by Gasteiger charge is -2.18. The molecule has 0 saturated carbocycles. The van der Waals surface area contributed by atoms with E-state index in [-0.39, 0.29) is 0 Å². The fourth-order valence-corrected chi connectivity index (χ4v) is 4.11. The standard InChI is InChI=1S/C18H16N2O2S/c21-23(17-9-3-6-14-7-4-10-19-18(14)17)20-11-12-22-16-8-2-1-5-15(16)13-20/h1-10H,11-13H2. The zero-order valence-electron chi connectivity index (χ0n) is 12.5. The van der Waals surface area contributed by atoms with Crippen molar-refractivity contribution in [2.75, 3.05) is 13.2 Å². The van der Waals surface area contributed by atoms with Gasteiger partial charge in [0.1, 0.15) is 23.3 Å². The molecule has 3 aromatic rings. The number of ether oxygens (including phenoxy) is 1. The van der Waals surface area contributed by atoms with E-state index in [2.05, 4.69) is 4.98 Å². The fourth-order valence-electron chi connectivity index (χ4n) is 2.80. The average Bonchev–Trinajstić information content (AvgIpc) is 2.83. The number of pyridine rings is 1. The van der Waals surface area contributed by atoms with E-state index >= 15 is 0 Å². The van der Waals surface area contributed by atoms with E-state index in [4.69, 9.17) is 4.74 Å². The fraction of sp³-hybridized carbons (Fsp3) is 0.167. The molecule has 0 radical (unpaired) electrons. The molecule has 0 amide bonds. The van der Waals surface area contributed by atoms with Crippen molar-refractivity contribution in [3.8, 4) is 5.75 Å². The number of nitrogens with zero attached hydrogens (tertiary/aromatic N) is 2. The molecule has 0 aliphatic carbocycles. The van der Waals surface area contributed by atoms with Crippen LogP contribution in [0.25, 0.3) is 10.9 Å². The van der Waals surface area contributed by atoms with Gasteiger partial charge >= 0.3 is 0 Å². The second kappa shape index (κ2) is 6.10. The van der Waals surface area contributed by atoms with Crippen LogP contribution in [0.2, 0.25) is 0 Å². The quantitative estimate of drug-likeness (QED) is 0.727. The number of para-hydroxylation sites is 2. The maximum Gasteiger partial charge on any atom is 0.130 e. The highest BCUT2D eigenvalue weighted by Crippen LogP contribution is 2.27. The Morgan fingerprint density at radius 2 is 1.91 bits per heavy atom. The van der Waals surface area contributed by atoms with E-state index in [9.17, 15) is 4.21 Å². The third-order valence-electron chi connectivity index (χ3n) is 3.94. The van der Waals surface area contributed by atoms with Crippen LogP contribution in [0.4, 0.5) is 0 Å². The largest absolute Gasteiger partial charge is 0.492 e. The Kier molecular flexibility index (Phi) is 3.81. The lowest BCUT2D eigenvalue weighted by Crippen LogP contribution is -2.28. The van der Waals surface area contributed by atoms with Crippen LogP contribution >= 0.6 is 0 Å². The molecule has 1 aromatic heterocycles. The van der Waals surface area contributed by atoms with Crippen molar-refractivity contribution in [1.82, 2.24) is 9.29 Å². The average molecular weight is 324 g/mol. The van der Waals surface area contributed by atoms with E-state index in [1.807, 2.05) is 58.9 Å². The molecule has 1 unspecified atom stereocenters. The number of hydrogen-bond acceptors (Lipinski definition) is 3. The van der Waals surface area contributed by atoms with E-state index in [1.54, 1.807) is 6.20 Å². The summed E-state index contributed by atoms with van der Waals surface area (Å²) in [4.78, 5) is 5.17. The summed E-state index contributed by atoms with van der Waals surface area (Å²) in [6.45, 7) is 1.75. The van der Waals surface area contributed by atoms with Crippen LogP contribution in [0.1, 0.15) is 5.56 Å². The molecular formula is C18H16N2O2S. The first-order valence-electron chi connectivity index (χ1n) is 7.54. The molecule has 1 aliphatic rings. The van der Waals surface area contributed by atoms with Crippen molar-refractivity contribution in [2.45, 2.75) is 11.4 Å². The van der Waals surface area contributed by atoms with Gasteiger partial charge in [-0.3, -0.25) is 4.98 Å². The van der Waals surface area contributed by atoms with Crippen LogP contribution in [0.3, 0.4) is 0 Å². The minimum absolute atomic E-state index is 0.529. The van der Waals surface area contributed by atoms with E-state index in [0.29, 0.717) is 19.7 Å². The van der Waals surface area contributed by atoms with E-state index in [0.717, 1.165) is 27.1 Å². The van der Waals surface area contributed by atoms with E-state index in [1.165, 1.54) is 0 Å². The zero-order chi connectivity index (χ0) is 15.6. The molecule has 2 aromatic carbocycles. The van der Waals surface area contributed by atoms with Crippen LogP contribution in [-0.2, 0) is 17.5 Å². The molecule has 1 aliphatic heterocycles. The Morgan fingerprint density at radius 3 is 2.87 bits per heavy atom. The van der Waals surface area contributed by atoms with Crippen molar-refractivity contribution in [3.05, 3.63) is 66.4 Å². The summed E-state index contributed by atoms with van der Waals surface area (Å²) in [6.07, 6.45) is 1.74. The number of benzene rings is 2. The van der Waals surface area contributed by atoms with Gasteiger partial charge in [0.25, 0.3) is 0 Å². The normalized spacial score (nSPS) is 16.3. The molecule has 1 atom stereocenters. The molecule has 23 heavy (non-hydrogen) atoms. The molecule has 0 saturated heterocycles. The summed E-state index contributed by atoms with van der Waals surface area (Å²) < 4.78 is 20.8. The number of aromatic nitrogens is 1. The van der Waals surface area contributed by atoms with Crippen molar-refractivity contribution in [3.63, 3.8) is 0 Å². The van der Waals surface area contributed by atoms with Crippen LogP contribution in [0, 0.1) is 0 Å². The van der Waals surface area contributed by atoms with Gasteiger partial charge in [0.2, 0.25) is 0 Å². The molecule has 5 heteroatoms.